The molecular weight excluding hydrogens is 222 g/mol. The number of hydrogen-bond acceptors (Lipinski definition) is 2. The maximum atomic E-state index is 10.8. The Labute approximate surface area is 109 Å². The van der Waals surface area contributed by atoms with Crippen molar-refractivity contribution in [2.24, 2.45) is 5.92 Å². The molecule has 0 radical (unpaired) electrons. The van der Waals surface area contributed by atoms with Crippen molar-refractivity contribution in [1.29, 1.82) is 0 Å². The first kappa shape index (κ1) is 12.2. The third-order valence-corrected chi connectivity index (χ3v) is 4.83. The molecule has 2 nitrogen and oxygen atoms in total. The number of benzene rings is 1. The van der Waals surface area contributed by atoms with Crippen LogP contribution in [0.2, 0.25) is 0 Å². The minimum Gasteiger partial charge on any atom is -0.389 e. The highest BCUT2D eigenvalue weighted by Gasteiger charge is 2.45. The quantitative estimate of drug-likeness (QED) is 0.797. The molecule has 18 heavy (non-hydrogen) atoms. The summed E-state index contributed by atoms with van der Waals surface area (Å²) in [6, 6.07) is 9.12. The molecule has 1 aromatic carbocycles. The Morgan fingerprint density at radius 1 is 1.17 bits per heavy atom. The molecule has 1 saturated heterocycles. The van der Waals surface area contributed by atoms with E-state index in [1.807, 2.05) is 0 Å². The lowest BCUT2D eigenvalue weighted by atomic mass is 9.67. The number of piperidine rings is 1. The van der Waals surface area contributed by atoms with Crippen LogP contribution < -0.4 is 5.32 Å². The van der Waals surface area contributed by atoms with Crippen LogP contribution in [0.3, 0.4) is 0 Å². The van der Waals surface area contributed by atoms with Crippen LogP contribution in [0.4, 0.5) is 0 Å². The van der Waals surface area contributed by atoms with Crippen LogP contribution in [0.1, 0.15) is 49.3 Å². The maximum absolute atomic E-state index is 10.8. The molecule has 0 unspecified atom stereocenters. The van der Waals surface area contributed by atoms with Gasteiger partial charge in [0.25, 0.3) is 0 Å². The van der Waals surface area contributed by atoms with E-state index in [1.54, 1.807) is 0 Å². The van der Waals surface area contributed by atoms with Crippen LogP contribution in [-0.4, -0.2) is 17.3 Å². The van der Waals surface area contributed by atoms with E-state index >= 15 is 0 Å². The average Bonchev–Trinajstić information content (AvgIpc) is 2.38. The van der Waals surface area contributed by atoms with Gasteiger partial charge in [-0.15, -0.1) is 0 Å². The molecule has 1 saturated carbocycles. The van der Waals surface area contributed by atoms with Crippen LogP contribution in [0.25, 0.3) is 0 Å². The summed E-state index contributed by atoms with van der Waals surface area (Å²) in [6.07, 6.45) is 5.51. The molecule has 2 heteroatoms. The highest BCUT2D eigenvalue weighted by atomic mass is 16.3. The van der Waals surface area contributed by atoms with E-state index in [-0.39, 0.29) is 0 Å². The van der Waals surface area contributed by atoms with Crippen LogP contribution in [-0.2, 0) is 0 Å². The molecule has 2 fully saturated rings. The minimum atomic E-state index is -0.418. The second-order valence-electron chi connectivity index (χ2n) is 6.05. The molecule has 0 bridgehead atoms. The number of nitrogens with one attached hydrogen (secondary N) is 1. The van der Waals surface area contributed by atoms with Crippen LogP contribution in [0, 0.1) is 12.8 Å². The van der Waals surface area contributed by atoms with Crippen molar-refractivity contribution in [2.75, 3.05) is 6.54 Å². The van der Waals surface area contributed by atoms with E-state index in [4.69, 9.17) is 0 Å². The molecule has 0 spiro atoms. The number of aliphatic hydroxyl groups is 1. The second kappa shape index (κ2) is 4.67. The summed E-state index contributed by atoms with van der Waals surface area (Å²) < 4.78 is 0. The summed E-state index contributed by atoms with van der Waals surface area (Å²) in [6.45, 7) is 3.06. The van der Waals surface area contributed by atoms with Gasteiger partial charge in [0.1, 0.15) is 0 Å². The smallest absolute Gasteiger partial charge is 0.0706 e. The fraction of sp³-hybridized carbons (Fsp3) is 0.625. The lowest BCUT2D eigenvalue weighted by molar-refractivity contribution is -0.0861. The molecule has 98 valence electrons. The van der Waals surface area contributed by atoms with Gasteiger partial charge >= 0.3 is 0 Å². The molecule has 1 aliphatic carbocycles. The van der Waals surface area contributed by atoms with Crippen LogP contribution >= 0.6 is 0 Å². The third kappa shape index (κ3) is 2.08. The molecule has 0 aromatic heterocycles. The molecular formula is C16H23NO. The lowest BCUT2D eigenvalue weighted by Gasteiger charge is -2.48. The monoisotopic (exact) mass is 245 g/mol. The Kier molecular flexibility index (Phi) is 3.16. The molecule has 2 N–H and O–H groups in total. The van der Waals surface area contributed by atoms with Gasteiger partial charge in [-0.1, -0.05) is 42.7 Å². The fourth-order valence-electron chi connectivity index (χ4n) is 3.75. The van der Waals surface area contributed by atoms with Gasteiger partial charge < -0.3 is 10.4 Å². The van der Waals surface area contributed by atoms with Gasteiger partial charge in [0.2, 0.25) is 0 Å². The summed E-state index contributed by atoms with van der Waals surface area (Å²) in [5, 5.41) is 14.5. The zero-order valence-corrected chi connectivity index (χ0v) is 11.2. The number of aryl methyl sites for hydroxylation is 1. The predicted octanol–water partition coefficient (Wildman–Crippen LogP) is 2.95. The van der Waals surface area contributed by atoms with Crippen LogP contribution in [0.5, 0.6) is 0 Å². The fourth-order valence-corrected chi connectivity index (χ4v) is 3.75. The highest BCUT2D eigenvalue weighted by Crippen LogP contribution is 2.45. The number of rotatable bonds is 1. The molecule has 3 atom stereocenters. The molecule has 1 heterocycles. The lowest BCUT2D eigenvalue weighted by Crippen LogP contribution is -2.53. The summed E-state index contributed by atoms with van der Waals surface area (Å²) in [5.41, 5.74) is 2.22. The van der Waals surface area contributed by atoms with Gasteiger partial charge in [0, 0.05) is 12.0 Å². The second-order valence-corrected chi connectivity index (χ2v) is 6.05. The maximum Gasteiger partial charge on any atom is 0.0706 e. The van der Waals surface area contributed by atoms with Crippen LogP contribution in [0.15, 0.2) is 24.3 Å². The molecule has 2 aliphatic rings. The van der Waals surface area contributed by atoms with Crippen molar-refractivity contribution in [3.05, 3.63) is 35.4 Å². The standard InChI is InChI=1S/C16H23NO/c1-12-5-7-13(8-6-12)15-14-4-2-3-9-16(14,18)10-11-17-15/h5-8,14-15,17-18H,2-4,9-11H2,1H3/t14-,15+,16-/m0/s1. The first-order valence-corrected chi connectivity index (χ1v) is 7.21. The van der Waals surface area contributed by atoms with Gasteiger partial charge in [-0.25, -0.2) is 0 Å². The SMILES string of the molecule is Cc1ccc([C@H]2NCC[C@@]3(O)CCCC[C@@H]23)cc1. The topological polar surface area (TPSA) is 32.3 Å². The predicted molar refractivity (Wildman–Crippen MR) is 73.4 cm³/mol. The van der Waals surface area contributed by atoms with Gasteiger partial charge in [-0.05, 0) is 38.3 Å². The Hall–Kier alpha value is -0.860. The van der Waals surface area contributed by atoms with E-state index < -0.39 is 5.60 Å². The summed E-state index contributed by atoms with van der Waals surface area (Å²) >= 11 is 0. The van der Waals surface area contributed by atoms with Gasteiger partial charge in [0.15, 0.2) is 0 Å². The van der Waals surface area contributed by atoms with Gasteiger partial charge in [0.05, 0.1) is 5.60 Å². The molecule has 1 aliphatic heterocycles. The third-order valence-electron chi connectivity index (χ3n) is 4.83. The van der Waals surface area contributed by atoms with Gasteiger partial charge in [-0.3, -0.25) is 0 Å². The summed E-state index contributed by atoms with van der Waals surface area (Å²) in [5.74, 6) is 0.391. The van der Waals surface area contributed by atoms with Crippen molar-refractivity contribution >= 4 is 0 Å². The van der Waals surface area contributed by atoms with Crippen molar-refractivity contribution in [3.63, 3.8) is 0 Å². The van der Waals surface area contributed by atoms with Gasteiger partial charge in [-0.2, -0.15) is 0 Å². The Bertz CT molecular complexity index is 410. The van der Waals surface area contributed by atoms with E-state index in [9.17, 15) is 5.11 Å². The Morgan fingerprint density at radius 3 is 2.72 bits per heavy atom. The first-order chi connectivity index (χ1) is 8.69. The Morgan fingerprint density at radius 2 is 1.94 bits per heavy atom. The van der Waals surface area contributed by atoms with E-state index in [1.165, 1.54) is 24.0 Å². The highest BCUT2D eigenvalue weighted by molar-refractivity contribution is 5.26. The summed E-state index contributed by atoms with van der Waals surface area (Å²) in [7, 11) is 0. The van der Waals surface area contributed by atoms with Crippen molar-refractivity contribution in [2.45, 2.75) is 50.7 Å². The number of fused-ring (bicyclic) bond motifs is 1. The number of hydrogen-bond donors (Lipinski definition) is 2. The Balaban J connectivity index is 1.88. The largest absolute Gasteiger partial charge is 0.389 e. The summed E-state index contributed by atoms with van der Waals surface area (Å²) in [4.78, 5) is 0. The van der Waals surface area contributed by atoms with E-state index in [0.29, 0.717) is 12.0 Å². The van der Waals surface area contributed by atoms with Crippen molar-refractivity contribution in [1.82, 2.24) is 5.32 Å². The average molecular weight is 245 g/mol. The zero-order chi connectivity index (χ0) is 12.6. The first-order valence-electron chi connectivity index (χ1n) is 7.21. The van der Waals surface area contributed by atoms with Crippen molar-refractivity contribution in [3.8, 4) is 0 Å². The zero-order valence-electron chi connectivity index (χ0n) is 11.2. The van der Waals surface area contributed by atoms with E-state index in [0.717, 1.165) is 25.8 Å². The molecule has 0 amide bonds. The minimum absolute atomic E-state index is 0.338. The normalized spacial score (nSPS) is 36.1. The molecule has 3 rings (SSSR count). The molecule has 1 aromatic rings. The van der Waals surface area contributed by atoms with Crippen molar-refractivity contribution < 1.29 is 5.11 Å². The van der Waals surface area contributed by atoms with E-state index in [2.05, 4.69) is 36.5 Å².